The van der Waals surface area contributed by atoms with Crippen molar-refractivity contribution in [2.75, 3.05) is 19.8 Å². The Kier molecular flexibility index (Phi) is 14.0. The van der Waals surface area contributed by atoms with Gasteiger partial charge in [0.25, 0.3) is 0 Å². The van der Waals surface area contributed by atoms with Gasteiger partial charge in [-0.25, -0.2) is 9.59 Å². The van der Waals surface area contributed by atoms with E-state index in [1.165, 1.54) is 6.08 Å². The fourth-order valence-corrected chi connectivity index (χ4v) is 3.67. The second-order valence-electron chi connectivity index (χ2n) is 9.13. The standard InChI is InChI=1S/C37H33NO5/c1-3-36(39)42-26-12-7-11-25-41-35-22-17-30(18-23-35)14-8-5-6-9-15-31-16-19-33-29-34(21-20-32(33)28-31)38-24-10-13-27-43-37(40)4-2/h3-4,16-24,28-29H,1-2,7,10-13,25-27H2. The summed E-state index contributed by atoms with van der Waals surface area (Å²) in [5, 5.41) is 2.13. The maximum Gasteiger partial charge on any atom is 0.330 e. The van der Waals surface area contributed by atoms with E-state index in [2.05, 4.69) is 53.7 Å². The number of ether oxygens (including phenoxy) is 3. The molecule has 0 saturated heterocycles. The van der Waals surface area contributed by atoms with Crippen LogP contribution in [0, 0.1) is 35.5 Å². The highest BCUT2D eigenvalue weighted by Gasteiger charge is 1.99. The van der Waals surface area contributed by atoms with Gasteiger partial charge >= 0.3 is 11.9 Å². The van der Waals surface area contributed by atoms with Crippen molar-refractivity contribution in [3.63, 3.8) is 0 Å². The fourth-order valence-electron chi connectivity index (χ4n) is 3.67. The van der Waals surface area contributed by atoms with Crippen molar-refractivity contribution in [2.24, 2.45) is 4.99 Å². The topological polar surface area (TPSA) is 74.2 Å². The van der Waals surface area contributed by atoms with Crippen LogP contribution in [0.15, 0.2) is 91.0 Å². The molecule has 0 bridgehead atoms. The molecule has 0 spiro atoms. The van der Waals surface area contributed by atoms with Crippen LogP contribution in [-0.4, -0.2) is 38.0 Å². The highest BCUT2D eigenvalue weighted by Crippen LogP contribution is 2.22. The molecular weight excluding hydrogens is 538 g/mol. The lowest BCUT2D eigenvalue weighted by Crippen LogP contribution is -2.03. The predicted octanol–water partition coefficient (Wildman–Crippen LogP) is 6.74. The van der Waals surface area contributed by atoms with Gasteiger partial charge in [-0.3, -0.25) is 4.99 Å². The molecule has 43 heavy (non-hydrogen) atoms. The Balaban J connectivity index is 1.41. The van der Waals surface area contributed by atoms with Crippen LogP contribution in [0.1, 0.15) is 43.2 Å². The molecule has 0 aliphatic heterocycles. The second kappa shape index (κ2) is 18.8. The summed E-state index contributed by atoms with van der Waals surface area (Å²) < 4.78 is 15.6. The molecular formula is C37H33NO5. The maximum atomic E-state index is 11.0. The van der Waals surface area contributed by atoms with E-state index < -0.39 is 11.9 Å². The van der Waals surface area contributed by atoms with E-state index in [1.54, 1.807) is 0 Å². The maximum absolute atomic E-state index is 11.0. The molecule has 0 aromatic heterocycles. The van der Waals surface area contributed by atoms with Crippen LogP contribution in [0.2, 0.25) is 0 Å². The lowest BCUT2D eigenvalue weighted by atomic mass is 10.1. The first kappa shape index (κ1) is 32.0. The third kappa shape index (κ3) is 12.7. The van der Waals surface area contributed by atoms with Crippen molar-refractivity contribution >= 4 is 34.6 Å². The van der Waals surface area contributed by atoms with Crippen molar-refractivity contribution < 1.29 is 23.8 Å². The Morgan fingerprint density at radius 2 is 1.28 bits per heavy atom. The smallest absolute Gasteiger partial charge is 0.330 e. The van der Waals surface area contributed by atoms with Crippen LogP contribution < -0.4 is 4.74 Å². The van der Waals surface area contributed by atoms with Crippen molar-refractivity contribution in [1.29, 1.82) is 0 Å². The van der Waals surface area contributed by atoms with Gasteiger partial charge in [0.15, 0.2) is 0 Å². The van der Waals surface area contributed by atoms with E-state index in [4.69, 9.17) is 14.2 Å². The number of aliphatic imine (C=N–C) groups is 1. The largest absolute Gasteiger partial charge is 0.494 e. The molecule has 0 saturated carbocycles. The van der Waals surface area contributed by atoms with Gasteiger partial charge < -0.3 is 14.2 Å². The highest BCUT2D eigenvalue weighted by molar-refractivity contribution is 5.87. The number of hydrogen-bond acceptors (Lipinski definition) is 6. The number of benzene rings is 3. The normalized spacial score (nSPS) is 9.86. The number of carbonyl (C=O) groups excluding carboxylic acids is 2. The number of carbonyl (C=O) groups is 2. The van der Waals surface area contributed by atoms with Gasteiger partial charge in [0.1, 0.15) is 5.75 Å². The van der Waals surface area contributed by atoms with E-state index in [1.807, 2.05) is 66.9 Å². The minimum Gasteiger partial charge on any atom is -0.494 e. The first-order valence-electron chi connectivity index (χ1n) is 14.0. The predicted molar refractivity (Wildman–Crippen MR) is 171 cm³/mol. The van der Waals surface area contributed by atoms with Gasteiger partial charge in [0.2, 0.25) is 0 Å². The lowest BCUT2D eigenvalue weighted by Gasteiger charge is -2.06. The molecule has 6 nitrogen and oxygen atoms in total. The fraction of sp³-hybridized carbons (Fsp3) is 0.216. The number of nitrogens with zero attached hydrogens (tertiary/aromatic N) is 1. The quantitative estimate of drug-likeness (QED) is 0.0705. The molecule has 0 fully saturated rings. The molecule has 0 atom stereocenters. The lowest BCUT2D eigenvalue weighted by molar-refractivity contribution is -0.138. The number of unbranched alkanes of at least 4 members (excludes halogenated alkanes) is 3. The average Bonchev–Trinajstić information content (AvgIpc) is 3.04. The Hall–Kier alpha value is -5.51. The Bertz CT molecular complexity index is 1630. The number of rotatable bonds is 14. The van der Waals surface area contributed by atoms with Crippen LogP contribution in [0.25, 0.3) is 10.8 Å². The molecule has 3 aromatic rings. The van der Waals surface area contributed by atoms with E-state index in [0.717, 1.165) is 58.7 Å². The third-order valence-electron chi connectivity index (χ3n) is 5.88. The summed E-state index contributed by atoms with van der Waals surface area (Å²) in [5.74, 6) is 17.3. The van der Waals surface area contributed by atoms with Gasteiger partial charge in [-0.15, -0.1) is 0 Å². The van der Waals surface area contributed by atoms with Gasteiger partial charge in [0.05, 0.1) is 25.5 Å². The Morgan fingerprint density at radius 1 is 0.674 bits per heavy atom. The molecule has 6 heteroatoms. The van der Waals surface area contributed by atoms with Crippen LogP contribution in [0.5, 0.6) is 5.75 Å². The van der Waals surface area contributed by atoms with Gasteiger partial charge in [-0.1, -0.05) is 37.1 Å². The second-order valence-corrected chi connectivity index (χ2v) is 9.13. The minimum absolute atomic E-state index is 0.349. The average molecular weight is 572 g/mol. The van der Waals surface area contributed by atoms with Crippen LogP contribution in [0.4, 0.5) is 5.69 Å². The van der Waals surface area contributed by atoms with Gasteiger partial charge in [-0.05, 0) is 115 Å². The summed E-state index contributed by atoms with van der Waals surface area (Å²) >= 11 is 0. The Morgan fingerprint density at radius 3 is 2.00 bits per heavy atom. The highest BCUT2D eigenvalue weighted by atomic mass is 16.5. The first-order valence-corrected chi connectivity index (χ1v) is 14.0. The van der Waals surface area contributed by atoms with Crippen LogP contribution >= 0.6 is 0 Å². The van der Waals surface area contributed by atoms with Crippen molar-refractivity contribution in [3.05, 3.63) is 97.1 Å². The molecule has 0 amide bonds. The molecule has 0 radical (unpaired) electrons. The van der Waals surface area contributed by atoms with Crippen molar-refractivity contribution in [2.45, 2.75) is 32.1 Å². The Labute approximate surface area is 253 Å². The molecule has 0 N–H and O–H groups in total. The summed E-state index contributed by atoms with van der Waals surface area (Å²) in [6, 6.07) is 19.5. The van der Waals surface area contributed by atoms with E-state index in [9.17, 15) is 9.59 Å². The summed E-state index contributed by atoms with van der Waals surface area (Å²) in [6.45, 7) is 8.08. The molecule has 0 unspecified atom stereocenters. The molecule has 0 aliphatic carbocycles. The monoisotopic (exact) mass is 571 g/mol. The zero-order valence-corrected chi connectivity index (χ0v) is 24.1. The summed E-state index contributed by atoms with van der Waals surface area (Å²) in [7, 11) is 0. The molecule has 216 valence electrons. The first-order chi connectivity index (χ1) is 21.1. The number of fused-ring (bicyclic) bond motifs is 1. The zero-order chi connectivity index (χ0) is 30.5. The molecule has 3 rings (SSSR count). The molecule has 3 aromatic carbocycles. The van der Waals surface area contributed by atoms with Gasteiger partial charge in [0, 0.05) is 29.5 Å². The summed E-state index contributed by atoms with van der Waals surface area (Å²) in [4.78, 5) is 26.5. The number of hydrogen-bond donors (Lipinski definition) is 0. The minimum atomic E-state index is -0.409. The summed E-state index contributed by atoms with van der Waals surface area (Å²) in [5.41, 5.74) is 2.57. The SMILES string of the molecule is C=CC(=O)OCCCC=Nc1ccc2cc(C#CC#CC#Cc3ccc(OCCCCCOC(=O)C=C)cc3)ccc2c1. The number of esters is 2. The van der Waals surface area contributed by atoms with E-state index in [-0.39, 0.29) is 0 Å². The zero-order valence-electron chi connectivity index (χ0n) is 24.1. The van der Waals surface area contributed by atoms with Crippen LogP contribution in [0.3, 0.4) is 0 Å². The molecule has 0 aliphatic rings. The van der Waals surface area contributed by atoms with Crippen molar-refractivity contribution in [3.8, 4) is 41.3 Å². The van der Waals surface area contributed by atoms with Crippen molar-refractivity contribution in [1.82, 2.24) is 0 Å². The van der Waals surface area contributed by atoms with Gasteiger partial charge in [-0.2, -0.15) is 0 Å². The third-order valence-corrected chi connectivity index (χ3v) is 5.88. The summed E-state index contributed by atoms with van der Waals surface area (Å²) in [6.07, 6.45) is 8.15. The van der Waals surface area contributed by atoms with E-state index in [0.29, 0.717) is 32.7 Å². The molecule has 0 heterocycles. The van der Waals surface area contributed by atoms with E-state index >= 15 is 0 Å². The van der Waals surface area contributed by atoms with Crippen LogP contribution in [-0.2, 0) is 19.1 Å².